The summed E-state index contributed by atoms with van der Waals surface area (Å²) in [4.78, 5) is 20.0. The average molecular weight is 283 g/mol. The Labute approximate surface area is 118 Å². The van der Waals surface area contributed by atoms with Gasteiger partial charge in [-0.1, -0.05) is 0 Å². The average Bonchev–Trinajstić information content (AvgIpc) is 2.34. The van der Waals surface area contributed by atoms with E-state index in [-0.39, 0.29) is 13.0 Å². The summed E-state index contributed by atoms with van der Waals surface area (Å²) in [5, 5.41) is 19.5. The second kappa shape index (κ2) is 6.62. The number of aliphatic hydroxyl groups excluding tert-OH is 1. The molecule has 0 unspecified atom stereocenters. The molecule has 0 aromatic carbocycles. The van der Waals surface area contributed by atoms with Gasteiger partial charge in [0.2, 0.25) is 0 Å². The van der Waals surface area contributed by atoms with E-state index < -0.39 is 17.7 Å². The van der Waals surface area contributed by atoms with Crippen LogP contribution in [0.3, 0.4) is 0 Å². The highest BCUT2D eigenvalue weighted by atomic mass is 16.6. The first-order chi connectivity index (χ1) is 9.24. The van der Waals surface area contributed by atoms with Crippen molar-refractivity contribution in [2.75, 3.05) is 6.61 Å². The summed E-state index contributed by atoms with van der Waals surface area (Å²) in [6.45, 7) is 6.67. The molecular weight excluding hydrogens is 262 g/mol. The molecule has 1 heterocycles. The number of rotatable bonds is 4. The van der Waals surface area contributed by atoms with Crippen LogP contribution in [0, 0.1) is 6.92 Å². The van der Waals surface area contributed by atoms with Crippen LogP contribution in [0.4, 0.5) is 4.79 Å². The molecule has 0 saturated heterocycles. The van der Waals surface area contributed by atoms with E-state index in [0.717, 1.165) is 5.69 Å². The van der Waals surface area contributed by atoms with Crippen molar-refractivity contribution in [3.63, 3.8) is 0 Å². The second-order valence-electron chi connectivity index (χ2n) is 5.44. The van der Waals surface area contributed by atoms with Gasteiger partial charge < -0.3 is 9.84 Å². The summed E-state index contributed by atoms with van der Waals surface area (Å²) >= 11 is 0. The van der Waals surface area contributed by atoms with Gasteiger partial charge in [0.05, 0.1) is 17.6 Å². The monoisotopic (exact) mass is 283 g/mol. The van der Waals surface area contributed by atoms with Gasteiger partial charge in [-0.25, -0.2) is 4.79 Å². The molecular formula is C13H21N3O4. The molecule has 0 fully saturated rings. The summed E-state index contributed by atoms with van der Waals surface area (Å²) in [5.74, 6) is 0. The van der Waals surface area contributed by atoms with E-state index in [1.165, 1.54) is 12.4 Å². The maximum atomic E-state index is 11.8. The molecule has 7 nitrogen and oxygen atoms in total. The van der Waals surface area contributed by atoms with Gasteiger partial charge in [-0.15, -0.1) is 0 Å². The summed E-state index contributed by atoms with van der Waals surface area (Å²) in [5.41, 5.74) is 0.386. The standard InChI is InChI=1S/C13H21N3O4/c1-9-7-15-10(8-14-9)11(5-6-17)16(19)12(18)20-13(2,3)4/h7-8,11,17,19H,5-6H2,1-4H3/t11-/m0/s1. The van der Waals surface area contributed by atoms with Crippen LogP contribution < -0.4 is 0 Å². The Hall–Kier alpha value is -1.73. The van der Waals surface area contributed by atoms with E-state index in [1.807, 2.05) is 0 Å². The minimum Gasteiger partial charge on any atom is -0.442 e. The number of hydroxylamine groups is 2. The Morgan fingerprint density at radius 3 is 2.50 bits per heavy atom. The fourth-order valence-electron chi connectivity index (χ4n) is 1.53. The quantitative estimate of drug-likeness (QED) is 0.646. The topological polar surface area (TPSA) is 95.8 Å². The zero-order valence-electron chi connectivity index (χ0n) is 12.2. The van der Waals surface area contributed by atoms with E-state index in [4.69, 9.17) is 9.84 Å². The normalized spacial score (nSPS) is 12.9. The number of aryl methyl sites for hydroxylation is 1. The number of hydrogen-bond donors (Lipinski definition) is 2. The highest BCUT2D eigenvalue weighted by molar-refractivity contribution is 5.67. The number of aliphatic hydroxyl groups is 1. The Morgan fingerprint density at radius 2 is 2.05 bits per heavy atom. The van der Waals surface area contributed by atoms with Crippen LogP contribution in [-0.4, -0.2) is 43.6 Å². The molecule has 0 bridgehead atoms. The highest BCUT2D eigenvalue weighted by Crippen LogP contribution is 2.22. The molecule has 1 aromatic heterocycles. The largest absolute Gasteiger partial charge is 0.442 e. The lowest BCUT2D eigenvalue weighted by Crippen LogP contribution is -2.37. The van der Waals surface area contributed by atoms with Gasteiger partial charge in [0.25, 0.3) is 0 Å². The van der Waals surface area contributed by atoms with Crippen molar-refractivity contribution >= 4 is 6.09 Å². The van der Waals surface area contributed by atoms with Crippen LogP contribution in [0.25, 0.3) is 0 Å². The van der Waals surface area contributed by atoms with Crippen LogP contribution in [0.1, 0.15) is 44.6 Å². The van der Waals surface area contributed by atoms with Crippen LogP contribution in [0.2, 0.25) is 0 Å². The second-order valence-corrected chi connectivity index (χ2v) is 5.44. The number of ether oxygens (including phenoxy) is 1. The van der Waals surface area contributed by atoms with E-state index in [1.54, 1.807) is 27.7 Å². The molecule has 1 rings (SSSR count). The zero-order chi connectivity index (χ0) is 15.3. The third-order valence-corrected chi connectivity index (χ3v) is 2.42. The number of amides is 1. The summed E-state index contributed by atoms with van der Waals surface area (Å²) < 4.78 is 5.08. The van der Waals surface area contributed by atoms with Crippen molar-refractivity contribution < 1.29 is 19.8 Å². The molecule has 112 valence electrons. The van der Waals surface area contributed by atoms with E-state index in [9.17, 15) is 10.0 Å². The molecule has 0 saturated carbocycles. The minimum atomic E-state index is -0.890. The predicted molar refractivity (Wildman–Crippen MR) is 71.1 cm³/mol. The van der Waals surface area contributed by atoms with Gasteiger partial charge in [-0.3, -0.25) is 15.2 Å². The smallest absolute Gasteiger partial charge is 0.434 e. The lowest BCUT2D eigenvalue weighted by Gasteiger charge is -2.28. The number of carbonyl (C=O) groups is 1. The molecule has 1 amide bonds. The van der Waals surface area contributed by atoms with Crippen molar-refractivity contribution in [2.45, 2.75) is 45.8 Å². The summed E-state index contributed by atoms with van der Waals surface area (Å²) in [7, 11) is 0. The van der Waals surface area contributed by atoms with E-state index in [0.29, 0.717) is 10.8 Å². The van der Waals surface area contributed by atoms with Crippen molar-refractivity contribution in [3.05, 3.63) is 23.8 Å². The fraction of sp³-hybridized carbons (Fsp3) is 0.615. The third-order valence-electron chi connectivity index (χ3n) is 2.42. The lowest BCUT2D eigenvalue weighted by molar-refractivity contribution is -0.126. The molecule has 0 radical (unpaired) electrons. The van der Waals surface area contributed by atoms with Gasteiger partial charge in [0.15, 0.2) is 0 Å². The number of hydrogen-bond acceptors (Lipinski definition) is 6. The molecule has 0 aliphatic carbocycles. The van der Waals surface area contributed by atoms with Crippen LogP contribution >= 0.6 is 0 Å². The fourth-order valence-corrected chi connectivity index (χ4v) is 1.53. The SMILES string of the molecule is Cc1cnc([C@H](CCO)N(O)C(=O)OC(C)(C)C)cn1. The van der Waals surface area contributed by atoms with Gasteiger partial charge in [-0.05, 0) is 34.1 Å². The number of carbonyl (C=O) groups excluding carboxylic acids is 1. The maximum Gasteiger partial charge on any atom is 0.434 e. The number of nitrogens with zero attached hydrogens (tertiary/aromatic N) is 3. The molecule has 20 heavy (non-hydrogen) atoms. The maximum absolute atomic E-state index is 11.8. The molecule has 7 heteroatoms. The van der Waals surface area contributed by atoms with Gasteiger partial charge >= 0.3 is 6.09 Å². The van der Waals surface area contributed by atoms with Crippen molar-refractivity contribution in [1.29, 1.82) is 0 Å². The Morgan fingerprint density at radius 1 is 1.40 bits per heavy atom. The van der Waals surface area contributed by atoms with Crippen molar-refractivity contribution in [2.24, 2.45) is 0 Å². The van der Waals surface area contributed by atoms with E-state index in [2.05, 4.69) is 9.97 Å². The first kappa shape index (κ1) is 16.3. The number of aromatic nitrogens is 2. The zero-order valence-corrected chi connectivity index (χ0v) is 12.2. The van der Waals surface area contributed by atoms with Gasteiger partial charge in [0, 0.05) is 12.8 Å². The molecule has 1 aromatic rings. The predicted octanol–water partition coefficient (Wildman–Crippen LogP) is 1.83. The molecule has 0 spiro atoms. The molecule has 0 aliphatic heterocycles. The summed E-state index contributed by atoms with van der Waals surface area (Å²) in [6.07, 6.45) is 2.23. The first-order valence-electron chi connectivity index (χ1n) is 6.35. The molecule has 2 N–H and O–H groups in total. The Balaban J connectivity index is 2.90. The molecule has 0 aliphatic rings. The van der Waals surface area contributed by atoms with Gasteiger partial charge in [0.1, 0.15) is 11.6 Å². The molecule has 1 atom stereocenters. The van der Waals surface area contributed by atoms with Crippen LogP contribution in [0.5, 0.6) is 0 Å². The summed E-state index contributed by atoms with van der Waals surface area (Å²) in [6, 6.07) is -0.803. The third kappa shape index (κ3) is 4.75. The van der Waals surface area contributed by atoms with Gasteiger partial charge in [-0.2, -0.15) is 5.06 Å². The minimum absolute atomic E-state index is 0.132. The van der Waals surface area contributed by atoms with Crippen LogP contribution in [-0.2, 0) is 4.74 Å². The van der Waals surface area contributed by atoms with Crippen molar-refractivity contribution in [3.8, 4) is 0 Å². The van der Waals surface area contributed by atoms with E-state index >= 15 is 0 Å². The Kier molecular flexibility index (Phi) is 5.41. The lowest BCUT2D eigenvalue weighted by atomic mass is 10.1. The highest BCUT2D eigenvalue weighted by Gasteiger charge is 2.29. The first-order valence-corrected chi connectivity index (χ1v) is 6.35. The van der Waals surface area contributed by atoms with Crippen LogP contribution in [0.15, 0.2) is 12.4 Å². The Bertz CT molecular complexity index is 442. The van der Waals surface area contributed by atoms with Crippen molar-refractivity contribution in [1.82, 2.24) is 15.0 Å².